The predicted octanol–water partition coefficient (Wildman–Crippen LogP) is 1.61. The van der Waals surface area contributed by atoms with Crippen molar-refractivity contribution in [2.24, 2.45) is 5.73 Å². The summed E-state index contributed by atoms with van der Waals surface area (Å²) in [4.78, 5) is 2.56. The summed E-state index contributed by atoms with van der Waals surface area (Å²) in [5.74, 6) is 0. The van der Waals surface area contributed by atoms with Crippen LogP contribution < -0.4 is 5.73 Å². The summed E-state index contributed by atoms with van der Waals surface area (Å²) in [6, 6.07) is 0.763. The zero-order chi connectivity index (χ0) is 11.3. The summed E-state index contributed by atoms with van der Waals surface area (Å²) in [5.41, 5.74) is 5.96. The number of nitrogens with zero attached hydrogens (tertiary/aromatic N) is 1. The van der Waals surface area contributed by atoms with Crippen LogP contribution in [0.15, 0.2) is 0 Å². The van der Waals surface area contributed by atoms with Gasteiger partial charge in [-0.15, -0.1) is 0 Å². The molecule has 0 aromatic carbocycles. The topological polar surface area (TPSA) is 38.5 Å². The highest BCUT2D eigenvalue weighted by Gasteiger charge is 2.39. The number of hydrogen-bond acceptors (Lipinski definition) is 3. The Morgan fingerprint density at radius 3 is 2.47 bits per heavy atom. The molecule has 1 saturated carbocycles. The smallest absolute Gasteiger partial charge is 0.0660 e. The first-order valence-electron chi connectivity index (χ1n) is 6.22. The molecule has 0 spiro atoms. The highest BCUT2D eigenvalue weighted by Crippen LogP contribution is 2.32. The van der Waals surface area contributed by atoms with E-state index in [9.17, 15) is 0 Å². The van der Waals surface area contributed by atoms with Crippen LogP contribution in [0.3, 0.4) is 0 Å². The minimum absolute atomic E-state index is 0.0349. The molecule has 1 aliphatic rings. The van der Waals surface area contributed by atoms with Gasteiger partial charge in [0, 0.05) is 19.2 Å². The average Bonchev–Trinajstić information content (AvgIpc) is 3.06. The fourth-order valence-corrected chi connectivity index (χ4v) is 2.10. The summed E-state index contributed by atoms with van der Waals surface area (Å²) < 4.78 is 5.57. The lowest BCUT2D eigenvalue weighted by molar-refractivity contribution is 0.00533. The van der Waals surface area contributed by atoms with Crippen LogP contribution in [0.5, 0.6) is 0 Å². The van der Waals surface area contributed by atoms with Crippen LogP contribution in [-0.2, 0) is 4.74 Å². The van der Waals surface area contributed by atoms with Crippen molar-refractivity contribution in [2.45, 2.75) is 51.6 Å². The zero-order valence-electron chi connectivity index (χ0n) is 10.5. The van der Waals surface area contributed by atoms with Gasteiger partial charge < -0.3 is 10.5 Å². The van der Waals surface area contributed by atoms with E-state index >= 15 is 0 Å². The lowest BCUT2D eigenvalue weighted by Crippen LogP contribution is -2.56. The Bertz CT molecular complexity index is 182. The van der Waals surface area contributed by atoms with Gasteiger partial charge in [0.05, 0.1) is 12.1 Å². The first-order valence-corrected chi connectivity index (χ1v) is 6.22. The standard InChI is InChI=1S/C12H26N2O/c1-4-8-14(11-6-7-11)12(3,9-13)10-15-5-2/h11H,4-10,13H2,1-3H3. The molecule has 1 fully saturated rings. The SMILES string of the molecule is CCCN(C1CC1)C(C)(CN)COCC. The largest absolute Gasteiger partial charge is 0.380 e. The maximum Gasteiger partial charge on any atom is 0.0660 e. The first kappa shape index (κ1) is 12.9. The van der Waals surface area contributed by atoms with Crippen LogP contribution in [0.1, 0.15) is 40.0 Å². The van der Waals surface area contributed by atoms with Crippen molar-refractivity contribution in [3.05, 3.63) is 0 Å². The van der Waals surface area contributed by atoms with E-state index in [0.717, 1.165) is 25.8 Å². The minimum Gasteiger partial charge on any atom is -0.380 e. The van der Waals surface area contributed by atoms with Gasteiger partial charge in [0.15, 0.2) is 0 Å². The molecule has 1 aliphatic carbocycles. The second-order valence-corrected chi connectivity index (χ2v) is 4.76. The van der Waals surface area contributed by atoms with E-state index in [-0.39, 0.29) is 5.54 Å². The Hall–Kier alpha value is -0.120. The first-order chi connectivity index (χ1) is 7.18. The van der Waals surface area contributed by atoms with Crippen LogP contribution >= 0.6 is 0 Å². The van der Waals surface area contributed by atoms with Crippen molar-refractivity contribution in [1.29, 1.82) is 0 Å². The van der Waals surface area contributed by atoms with Crippen molar-refractivity contribution in [3.8, 4) is 0 Å². The molecule has 15 heavy (non-hydrogen) atoms. The summed E-state index contributed by atoms with van der Waals surface area (Å²) in [6.07, 6.45) is 3.86. The fourth-order valence-electron chi connectivity index (χ4n) is 2.10. The van der Waals surface area contributed by atoms with Crippen LogP contribution in [-0.4, -0.2) is 42.8 Å². The van der Waals surface area contributed by atoms with Crippen LogP contribution in [0.25, 0.3) is 0 Å². The Labute approximate surface area is 94.0 Å². The molecule has 0 aliphatic heterocycles. The molecule has 0 aromatic heterocycles. The monoisotopic (exact) mass is 214 g/mol. The molecule has 0 amide bonds. The Morgan fingerprint density at radius 1 is 1.40 bits per heavy atom. The zero-order valence-corrected chi connectivity index (χ0v) is 10.5. The summed E-state index contributed by atoms with van der Waals surface area (Å²) in [5, 5.41) is 0. The average molecular weight is 214 g/mol. The lowest BCUT2D eigenvalue weighted by Gasteiger charge is -2.40. The highest BCUT2D eigenvalue weighted by atomic mass is 16.5. The lowest BCUT2D eigenvalue weighted by atomic mass is 10.0. The summed E-state index contributed by atoms with van der Waals surface area (Å²) in [7, 11) is 0. The van der Waals surface area contributed by atoms with Crippen LogP contribution in [0.2, 0.25) is 0 Å². The number of ether oxygens (including phenoxy) is 1. The third kappa shape index (κ3) is 3.44. The maximum absolute atomic E-state index is 5.92. The highest BCUT2D eigenvalue weighted by molar-refractivity contribution is 4.96. The van der Waals surface area contributed by atoms with Gasteiger partial charge in [-0.1, -0.05) is 6.92 Å². The van der Waals surface area contributed by atoms with Crippen molar-refractivity contribution < 1.29 is 4.74 Å². The van der Waals surface area contributed by atoms with Crippen molar-refractivity contribution in [2.75, 3.05) is 26.3 Å². The van der Waals surface area contributed by atoms with Gasteiger partial charge in [0.25, 0.3) is 0 Å². The molecule has 0 bridgehead atoms. The normalized spacial score (nSPS) is 20.6. The van der Waals surface area contributed by atoms with Gasteiger partial charge in [-0.2, -0.15) is 0 Å². The van der Waals surface area contributed by atoms with Gasteiger partial charge in [0.2, 0.25) is 0 Å². The quantitative estimate of drug-likeness (QED) is 0.667. The second kappa shape index (κ2) is 5.83. The predicted molar refractivity (Wildman–Crippen MR) is 64.0 cm³/mol. The Kier molecular flexibility index (Phi) is 5.03. The molecule has 90 valence electrons. The van der Waals surface area contributed by atoms with Crippen molar-refractivity contribution >= 4 is 0 Å². The molecule has 3 heteroatoms. The Balaban J connectivity index is 2.57. The third-order valence-corrected chi connectivity index (χ3v) is 3.20. The van der Waals surface area contributed by atoms with E-state index in [1.54, 1.807) is 0 Å². The van der Waals surface area contributed by atoms with Gasteiger partial charge in [-0.3, -0.25) is 4.90 Å². The minimum atomic E-state index is 0.0349. The van der Waals surface area contributed by atoms with Gasteiger partial charge in [0.1, 0.15) is 0 Å². The van der Waals surface area contributed by atoms with E-state index in [1.165, 1.54) is 19.3 Å². The van der Waals surface area contributed by atoms with E-state index in [4.69, 9.17) is 10.5 Å². The van der Waals surface area contributed by atoms with E-state index in [1.807, 2.05) is 6.92 Å². The van der Waals surface area contributed by atoms with Crippen LogP contribution in [0, 0.1) is 0 Å². The molecule has 0 aromatic rings. The molecular formula is C12H26N2O. The maximum atomic E-state index is 5.92. The third-order valence-electron chi connectivity index (χ3n) is 3.20. The van der Waals surface area contributed by atoms with E-state index in [2.05, 4.69) is 18.7 Å². The molecule has 3 nitrogen and oxygen atoms in total. The number of nitrogens with two attached hydrogens (primary N) is 1. The van der Waals surface area contributed by atoms with E-state index in [0.29, 0.717) is 6.54 Å². The molecule has 0 saturated heterocycles. The molecule has 2 N–H and O–H groups in total. The Morgan fingerprint density at radius 2 is 2.07 bits per heavy atom. The van der Waals surface area contributed by atoms with Crippen molar-refractivity contribution in [1.82, 2.24) is 4.90 Å². The summed E-state index contributed by atoms with van der Waals surface area (Å²) in [6.45, 7) is 9.87. The van der Waals surface area contributed by atoms with Gasteiger partial charge in [-0.05, 0) is 39.7 Å². The van der Waals surface area contributed by atoms with Crippen LogP contribution in [0.4, 0.5) is 0 Å². The van der Waals surface area contributed by atoms with Gasteiger partial charge in [-0.25, -0.2) is 0 Å². The molecule has 0 radical (unpaired) electrons. The molecule has 1 unspecified atom stereocenters. The molecular weight excluding hydrogens is 188 g/mol. The van der Waals surface area contributed by atoms with Gasteiger partial charge >= 0.3 is 0 Å². The number of hydrogen-bond donors (Lipinski definition) is 1. The second-order valence-electron chi connectivity index (χ2n) is 4.76. The molecule has 1 rings (SSSR count). The summed E-state index contributed by atoms with van der Waals surface area (Å²) >= 11 is 0. The number of rotatable bonds is 8. The molecule has 0 heterocycles. The van der Waals surface area contributed by atoms with Crippen molar-refractivity contribution in [3.63, 3.8) is 0 Å². The van der Waals surface area contributed by atoms with E-state index < -0.39 is 0 Å². The fraction of sp³-hybridized carbons (Fsp3) is 1.00. The molecule has 1 atom stereocenters.